The molecule has 0 spiro atoms. The Balaban J connectivity index is 2.00. The molecule has 1 aliphatic heterocycles. The Kier molecular flexibility index (Phi) is 4.60. The van der Waals surface area contributed by atoms with E-state index in [0.717, 1.165) is 17.7 Å². The minimum absolute atomic E-state index is 0.0713. The van der Waals surface area contributed by atoms with Gasteiger partial charge in [0.2, 0.25) is 0 Å². The van der Waals surface area contributed by atoms with Crippen LogP contribution in [0.5, 0.6) is 0 Å². The molecule has 0 unspecified atom stereocenters. The number of nitrogens with zero attached hydrogens (tertiary/aromatic N) is 1. The number of anilines is 1. The van der Waals surface area contributed by atoms with Gasteiger partial charge in [-0.3, -0.25) is 9.59 Å². The van der Waals surface area contributed by atoms with Crippen LogP contribution in [-0.4, -0.2) is 22.9 Å². The van der Waals surface area contributed by atoms with E-state index in [4.69, 9.17) is 16.7 Å². The van der Waals surface area contributed by atoms with Gasteiger partial charge in [0, 0.05) is 16.2 Å². The van der Waals surface area contributed by atoms with E-state index >= 15 is 0 Å². The summed E-state index contributed by atoms with van der Waals surface area (Å²) in [5.41, 5.74) is 2.00. The number of aliphatic carboxylic acids is 1. The molecule has 2 aliphatic rings. The van der Waals surface area contributed by atoms with Crippen LogP contribution in [0, 0.1) is 0 Å². The third kappa shape index (κ3) is 2.91. The molecule has 5 nitrogen and oxygen atoms in total. The molecule has 3 rings (SSSR count). The molecule has 1 heterocycles. The largest absolute Gasteiger partial charge is 0.477 e. The minimum Gasteiger partial charge on any atom is -0.477 e. The Hall–Kier alpha value is -1.92. The van der Waals surface area contributed by atoms with E-state index in [-0.39, 0.29) is 16.3 Å². The van der Waals surface area contributed by atoms with Crippen LogP contribution >= 0.6 is 27.5 Å². The Morgan fingerprint density at radius 1 is 1.17 bits per heavy atom. The highest BCUT2D eigenvalue weighted by molar-refractivity contribution is 9.12. The summed E-state index contributed by atoms with van der Waals surface area (Å²) in [4.78, 5) is 37.2. The first kappa shape index (κ1) is 16.9. The van der Waals surface area contributed by atoms with E-state index in [9.17, 15) is 14.4 Å². The first-order valence-corrected chi connectivity index (χ1v) is 8.58. The first-order chi connectivity index (χ1) is 11.4. The highest BCUT2D eigenvalue weighted by atomic mass is 79.9. The second kappa shape index (κ2) is 6.53. The summed E-state index contributed by atoms with van der Waals surface area (Å²) in [6, 6.07) is 4.67. The van der Waals surface area contributed by atoms with Gasteiger partial charge in [-0.05, 0) is 71.5 Å². The van der Waals surface area contributed by atoms with E-state index in [2.05, 4.69) is 15.9 Å². The van der Waals surface area contributed by atoms with Crippen LogP contribution < -0.4 is 4.90 Å². The quantitative estimate of drug-likeness (QED) is 0.606. The predicted octanol–water partition coefficient (Wildman–Crippen LogP) is 3.90. The van der Waals surface area contributed by atoms with Crippen molar-refractivity contribution in [2.45, 2.75) is 25.7 Å². The average molecular weight is 411 g/mol. The molecule has 0 saturated heterocycles. The van der Waals surface area contributed by atoms with E-state index in [1.807, 2.05) is 0 Å². The molecule has 1 aromatic rings. The number of imide groups is 1. The van der Waals surface area contributed by atoms with E-state index in [0.29, 0.717) is 40.3 Å². The van der Waals surface area contributed by atoms with Crippen molar-refractivity contribution < 1.29 is 19.5 Å². The maximum atomic E-state index is 12.6. The molecule has 0 fully saturated rings. The fourth-order valence-electron chi connectivity index (χ4n) is 2.95. The molecule has 0 aromatic heterocycles. The fraction of sp³-hybridized carbons (Fsp3) is 0.235. The molecule has 7 heteroatoms. The summed E-state index contributed by atoms with van der Waals surface area (Å²) >= 11 is 9.03. The zero-order valence-electron chi connectivity index (χ0n) is 12.5. The topological polar surface area (TPSA) is 74.7 Å². The van der Waals surface area contributed by atoms with Crippen molar-refractivity contribution in [3.8, 4) is 0 Å². The number of carboxylic acid groups (broad SMARTS) is 1. The van der Waals surface area contributed by atoms with E-state index in [1.165, 1.54) is 6.08 Å². The fourth-order valence-corrected chi connectivity index (χ4v) is 3.37. The summed E-state index contributed by atoms with van der Waals surface area (Å²) in [6.07, 6.45) is 4.41. The predicted molar refractivity (Wildman–Crippen MR) is 94.0 cm³/mol. The van der Waals surface area contributed by atoms with Crippen molar-refractivity contribution in [3.63, 3.8) is 0 Å². The number of carbonyl (C=O) groups is 3. The van der Waals surface area contributed by atoms with Crippen molar-refractivity contribution in [3.05, 3.63) is 44.4 Å². The van der Waals surface area contributed by atoms with Crippen LogP contribution in [0.3, 0.4) is 0 Å². The van der Waals surface area contributed by atoms with Gasteiger partial charge < -0.3 is 5.11 Å². The number of amides is 2. The zero-order valence-corrected chi connectivity index (χ0v) is 14.9. The lowest BCUT2D eigenvalue weighted by Crippen LogP contribution is -2.31. The van der Waals surface area contributed by atoms with Crippen LogP contribution in [0.15, 0.2) is 33.8 Å². The average Bonchev–Trinajstić information content (AvgIpc) is 2.81. The molecule has 0 atom stereocenters. The lowest BCUT2D eigenvalue weighted by atomic mass is 9.93. The van der Waals surface area contributed by atoms with Gasteiger partial charge in [0.1, 0.15) is 4.48 Å². The molecular formula is C17H13BrClNO4. The van der Waals surface area contributed by atoms with Crippen LogP contribution in [-0.2, 0) is 14.4 Å². The summed E-state index contributed by atoms with van der Waals surface area (Å²) in [5, 5.41) is 9.28. The van der Waals surface area contributed by atoms with Gasteiger partial charge in [-0.25, -0.2) is 9.69 Å². The Bertz CT molecular complexity index is 800. The summed E-state index contributed by atoms with van der Waals surface area (Å²) in [6.45, 7) is 0. The number of hydrogen-bond donors (Lipinski definition) is 1. The highest BCUT2D eigenvalue weighted by Gasteiger charge is 2.39. The SMILES string of the molecule is O=C(O)C(Br)=Cc1cc(N2C(=O)C3=C(CCCC3)C2=O)ccc1Cl. The molecular weight excluding hydrogens is 398 g/mol. The van der Waals surface area contributed by atoms with Crippen molar-refractivity contribution in [1.29, 1.82) is 0 Å². The molecule has 0 saturated carbocycles. The third-order valence-electron chi connectivity index (χ3n) is 4.11. The monoisotopic (exact) mass is 409 g/mol. The van der Waals surface area contributed by atoms with Crippen LogP contribution in [0.4, 0.5) is 5.69 Å². The van der Waals surface area contributed by atoms with Crippen LogP contribution in [0.2, 0.25) is 5.02 Å². The second-order valence-corrected chi connectivity index (χ2v) is 6.87. The molecule has 24 heavy (non-hydrogen) atoms. The smallest absolute Gasteiger partial charge is 0.342 e. The van der Waals surface area contributed by atoms with Crippen LogP contribution in [0.25, 0.3) is 6.08 Å². The van der Waals surface area contributed by atoms with Gasteiger partial charge in [-0.15, -0.1) is 0 Å². The molecule has 1 aliphatic carbocycles. The lowest BCUT2D eigenvalue weighted by Gasteiger charge is -2.16. The van der Waals surface area contributed by atoms with Crippen molar-refractivity contribution in [2.75, 3.05) is 4.90 Å². The number of benzene rings is 1. The summed E-state index contributed by atoms with van der Waals surface area (Å²) < 4.78 is -0.0713. The number of carboxylic acids is 1. The highest BCUT2D eigenvalue weighted by Crippen LogP contribution is 2.36. The Morgan fingerprint density at radius 2 is 1.75 bits per heavy atom. The maximum absolute atomic E-state index is 12.6. The summed E-state index contributed by atoms with van der Waals surface area (Å²) in [5.74, 6) is -1.71. The first-order valence-electron chi connectivity index (χ1n) is 7.41. The van der Waals surface area contributed by atoms with Crippen molar-refractivity contribution in [1.82, 2.24) is 0 Å². The van der Waals surface area contributed by atoms with E-state index in [1.54, 1.807) is 18.2 Å². The maximum Gasteiger partial charge on any atom is 0.342 e. The van der Waals surface area contributed by atoms with Gasteiger partial charge in [0.05, 0.1) is 5.69 Å². The van der Waals surface area contributed by atoms with Gasteiger partial charge in [-0.1, -0.05) is 11.6 Å². The standard InChI is InChI=1S/C17H13BrClNO4/c18-13(17(23)24)8-9-7-10(5-6-14(9)19)20-15(21)11-3-1-2-4-12(11)16(20)22/h5-8H,1-4H2,(H,23,24). The van der Waals surface area contributed by atoms with Crippen LogP contribution in [0.1, 0.15) is 31.2 Å². The molecule has 2 amide bonds. The third-order valence-corrected chi connectivity index (χ3v) is 5.03. The molecule has 124 valence electrons. The van der Waals surface area contributed by atoms with Gasteiger partial charge in [0.25, 0.3) is 11.8 Å². The Morgan fingerprint density at radius 3 is 2.29 bits per heavy atom. The number of rotatable bonds is 3. The summed E-state index contributed by atoms with van der Waals surface area (Å²) in [7, 11) is 0. The number of carbonyl (C=O) groups excluding carboxylic acids is 2. The molecule has 1 N–H and O–H groups in total. The number of hydrogen-bond acceptors (Lipinski definition) is 3. The van der Waals surface area contributed by atoms with Gasteiger partial charge in [-0.2, -0.15) is 0 Å². The van der Waals surface area contributed by atoms with Crippen molar-refractivity contribution >= 4 is 57.1 Å². The number of halogens is 2. The molecule has 0 bridgehead atoms. The van der Waals surface area contributed by atoms with Gasteiger partial charge >= 0.3 is 5.97 Å². The van der Waals surface area contributed by atoms with Gasteiger partial charge in [0.15, 0.2) is 0 Å². The van der Waals surface area contributed by atoms with Crippen molar-refractivity contribution in [2.24, 2.45) is 0 Å². The Labute approximate surface area is 151 Å². The zero-order chi connectivity index (χ0) is 17.4. The normalized spacial score (nSPS) is 18.2. The van der Waals surface area contributed by atoms with E-state index < -0.39 is 5.97 Å². The molecule has 0 radical (unpaired) electrons. The molecule has 1 aromatic carbocycles. The minimum atomic E-state index is -1.14. The second-order valence-electron chi connectivity index (χ2n) is 5.61. The lowest BCUT2D eigenvalue weighted by molar-refractivity contribution is -0.131.